The molecule has 0 aliphatic carbocycles. The van der Waals surface area contributed by atoms with Crippen LogP contribution in [-0.2, 0) is 6.42 Å². The second-order valence-electron chi connectivity index (χ2n) is 5.12. The van der Waals surface area contributed by atoms with Crippen LogP contribution in [0.25, 0.3) is 10.8 Å². The molecule has 0 bridgehead atoms. The second kappa shape index (κ2) is 5.41. The molecule has 4 heteroatoms. The van der Waals surface area contributed by atoms with Crippen LogP contribution in [0, 0.1) is 0 Å². The number of carbonyl (C=O) groups is 1. The molecule has 0 aliphatic rings. The average Bonchev–Trinajstić information content (AvgIpc) is 2.51. The molecule has 4 nitrogen and oxygen atoms in total. The van der Waals surface area contributed by atoms with Crippen LogP contribution in [0.4, 0.5) is 0 Å². The molecule has 0 atom stereocenters. The lowest BCUT2D eigenvalue weighted by molar-refractivity contribution is 0.0693. The molecule has 0 unspecified atom stereocenters. The van der Waals surface area contributed by atoms with Crippen molar-refractivity contribution in [3.63, 3.8) is 0 Å². The summed E-state index contributed by atoms with van der Waals surface area (Å²) in [6.07, 6.45) is 0.383. The third kappa shape index (κ3) is 2.46. The molecule has 0 heterocycles. The molecule has 3 rings (SSSR count). The van der Waals surface area contributed by atoms with E-state index >= 15 is 0 Å². The van der Waals surface area contributed by atoms with Crippen molar-refractivity contribution in [1.82, 2.24) is 0 Å². The molecule has 0 amide bonds. The molecule has 0 saturated heterocycles. The molecule has 22 heavy (non-hydrogen) atoms. The molecule has 3 aromatic carbocycles. The third-order valence-corrected chi connectivity index (χ3v) is 3.69. The molecule has 0 saturated carbocycles. The first-order valence-corrected chi connectivity index (χ1v) is 6.81. The van der Waals surface area contributed by atoms with E-state index in [-0.39, 0.29) is 17.1 Å². The van der Waals surface area contributed by atoms with Gasteiger partial charge in [0.2, 0.25) is 0 Å². The van der Waals surface area contributed by atoms with Gasteiger partial charge in [-0.1, -0.05) is 36.4 Å². The Morgan fingerprint density at radius 1 is 0.909 bits per heavy atom. The fraction of sp³-hybridized carbons (Fsp3) is 0.0556. The lowest BCUT2D eigenvalue weighted by Crippen LogP contribution is -1.99. The quantitative estimate of drug-likeness (QED) is 0.690. The number of aromatic carboxylic acids is 1. The minimum Gasteiger partial charge on any atom is -0.508 e. The van der Waals surface area contributed by atoms with Crippen LogP contribution < -0.4 is 0 Å². The van der Waals surface area contributed by atoms with Crippen molar-refractivity contribution >= 4 is 16.7 Å². The van der Waals surface area contributed by atoms with Crippen molar-refractivity contribution < 1.29 is 20.1 Å². The maximum atomic E-state index is 11.1. The van der Waals surface area contributed by atoms with Gasteiger partial charge in [-0.15, -0.1) is 0 Å². The SMILES string of the molecule is O=C(O)c1cc(Cc2c(O)ccc3ccccc23)ccc1O. The van der Waals surface area contributed by atoms with Gasteiger partial charge in [-0.2, -0.15) is 0 Å². The number of aromatic hydroxyl groups is 2. The summed E-state index contributed by atoms with van der Waals surface area (Å²) in [5, 5.41) is 30.7. The zero-order valence-corrected chi connectivity index (χ0v) is 11.7. The summed E-state index contributed by atoms with van der Waals surface area (Å²) in [6, 6.07) is 15.6. The Bertz CT molecular complexity index is 868. The fourth-order valence-corrected chi connectivity index (χ4v) is 2.58. The Morgan fingerprint density at radius 2 is 1.64 bits per heavy atom. The number of phenolic OH excluding ortho intramolecular Hbond substituents is 1. The summed E-state index contributed by atoms with van der Waals surface area (Å²) in [5.41, 5.74) is 1.30. The van der Waals surface area contributed by atoms with Crippen molar-refractivity contribution in [1.29, 1.82) is 0 Å². The van der Waals surface area contributed by atoms with E-state index in [0.29, 0.717) is 12.0 Å². The molecule has 0 fully saturated rings. The third-order valence-electron chi connectivity index (χ3n) is 3.69. The number of rotatable bonds is 3. The van der Waals surface area contributed by atoms with Crippen LogP contribution in [-0.4, -0.2) is 21.3 Å². The van der Waals surface area contributed by atoms with Gasteiger partial charge in [0, 0.05) is 12.0 Å². The van der Waals surface area contributed by atoms with Crippen molar-refractivity contribution in [2.45, 2.75) is 6.42 Å². The number of hydrogen-bond acceptors (Lipinski definition) is 3. The summed E-state index contributed by atoms with van der Waals surface area (Å²) in [5.74, 6) is -1.27. The van der Waals surface area contributed by atoms with E-state index in [1.165, 1.54) is 12.1 Å². The van der Waals surface area contributed by atoms with Gasteiger partial charge in [0.05, 0.1) is 0 Å². The Balaban J connectivity index is 2.09. The Morgan fingerprint density at radius 3 is 2.41 bits per heavy atom. The second-order valence-corrected chi connectivity index (χ2v) is 5.12. The van der Waals surface area contributed by atoms with Gasteiger partial charge in [0.1, 0.15) is 17.1 Å². The van der Waals surface area contributed by atoms with E-state index in [2.05, 4.69) is 0 Å². The smallest absolute Gasteiger partial charge is 0.339 e. The van der Waals surface area contributed by atoms with Crippen LogP contribution in [0.15, 0.2) is 54.6 Å². The average molecular weight is 294 g/mol. The van der Waals surface area contributed by atoms with E-state index in [9.17, 15) is 15.0 Å². The number of benzene rings is 3. The Kier molecular flexibility index (Phi) is 3.43. The first-order chi connectivity index (χ1) is 10.6. The number of hydrogen-bond donors (Lipinski definition) is 3. The number of fused-ring (bicyclic) bond motifs is 1. The van der Waals surface area contributed by atoms with Crippen LogP contribution >= 0.6 is 0 Å². The highest BCUT2D eigenvalue weighted by molar-refractivity contribution is 5.91. The lowest BCUT2D eigenvalue weighted by atomic mass is 9.96. The minimum absolute atomic E-state index is 0.141. The first kappa shape index (κ1) is 13.9. The van der Waals surface area contributed by atoms with Gasteiger partial charge in [0.25, 0.3) is 0 Å². The van der Waals surface area contributed by atoms with Gasteiger partial charge in [-0.3, -0.25) is 0 Å². The first-order valence-electron chi connectivity index (χ1n) is 6.81. The van der Waals surface area contributed by atoms with E-state index in [1.54, 1.807) is 12.1 Å². The molecule has 0 radical (unpaired) electrons. The van der Waals surface area contributed by atoms with Crippen LogP contribution in [0.1, 0.15) is 21.5 Å². The predicted octanol–water partition coefficient (Wildman–Crippen LogP) is 3.54. The Hall–Kier alpha value is -3.01. The number of carboxylic acid groups (broad SMARTS) is 1. The van der Waals surface area contributed by atoms with E-state index in [4.69, 9.17) is 5.11 Å². The summed E-state index contributed by atoms with van der Waals surface area (Å²) in [7, 11) is 0. The summed E-state index contributed by atoms with van der Waals surface area (Å²) < 4.78 is 0. The standard InChI is InChI=1S/C18H14O4/c19-16-8-6-12-3-1-2-4-13(12)14(16)9-11-5-7-17(20)15(10-11)18(21)22/h1-8,10,19-20H,9H2,(H,21,22). The monoisotopic (exact) mass is 294 g/mol. The highest BCUT2D eigenvalue weighted by atomic mass is 16.4. The molecule has 0 aromatic heterocycles. The lowest BCUT2D eigenvalue weighted by Gasteiger charge is -2.10. The van der Waals surface area contributed by atoms with Gasteiger partial charge in [0.15, 0.2) is 0 Å². The molecule has 3 N–H and O–H groups in total. The van der Waals surface area contributed by atoms with Crippen LogP contribution in [0.2, 0.25) is 0 Å². The van der Waals surface area contributed by atoms with Gasteiger partial charge in [-0.25, -0.2) is 4.79 Å². The number of carboxylic acids is 1. The van der Waals surface area contributed by atoms with Crippen LogP contribution in [0.5, 0.6) is 11.5 Å². The van der Waals surface area contributed by atoms with Crippen molar-refractivity contribution in [3.8, 4) is 11.5 Å². The van der Waals surface area contributed by atoms with Gasteiger partial charge >= 0.3 is 5.97 Å². The van der Waals surface area contributed by atoms with Gasteiger partial charge in [-0.05, 0) is 34.5 Å². The normalized spacial score (nSPS) is 10.7. The molecular weight excluding hydrogens is 280 g/mol. The summed E-state index contributed by atoms with van der Waals surface area (Å²) in [6.45, 7) is 0. The topological polar surface area (TPSA) is 77.8 Å². The maximum Gasteiger partial charge on any atom is 0.339 e. The molecule has 3 aromatic rings. The van der Waals surface area contributed by atoms with Crippen molar-refractivity contribution in [2.75, 3.05) is 0 Å². The molecular formula is C18H14O4. The highest BCUT2D eigenvalue weighted by Gasteiger charge is 2.13. The zero-order chi connectivity index (χ0) is 15.7. The highest BCUT2D eigenvalue weighted by Crippen LogP contribution is 2.30. The minimum atomic E-state index is -1.18. The molecule has 110 valence electrons. The summed E-state index contributed by atoms with van der Waals surface area (Å²) >= 11 is 0. The van der Waals surface area contributed by atoms with Gasteiger partial charge < -0.3 is 15.3 Å². The van der Waals surface area contributed by atoms with E-state index in [0.717, 1.165) is 16.3 Å². The fourth-order valence-electron chi connectivity index (χ4n) is 2.58. The predicted molar refractivity (Wildman–Crippen MR) is 83.5 cm³/mol. The largest absolute Gasteiger partial charge is 0.508 e. The van der Waals surface area contributed by atoms with Crippen molar-refractivity contribution in [3.05, 3.63) is 71.3 Å². The maximum absolute atomic E-state index is 11.1. The molecule has 0 aliphatic heterocycles. The van der Waals surface area contributed by atoms with E-state index in [1.807, 2.05) is 30.3 Å². The zero-order valence-electron chi connectivity index (χ0n) is 11.7. The summed E-state index contributed by atoms with van der Waals surface area (Å²) in [4.78, 5) is 11.1. The Labute approximate surface area is 126 Å². The van der Waals surface area contributed by atoms with Crippen LogP contribution in [0.3, 0.4) is 0 Å². The van der Waals surface area contributed by atoms with E-state index < -0.39 is 5.97 Å². The number of phenols is 2. The molecule has 0 spiro atoms. The van der Waals surface area contributed by atoms with Crippen molar-refractivity contribution in [2.24, 2.45) is 0 Å².